The maximum Gasteiger partial charge on any atom is 0.272 e. The van der Waals surface area contributed by atoms with E-state index in [0.717, 1.165) is 10.5 Å². The van der Waals surface area contributed by atoms with E-state index < -0.39 is 17.9 Å². The van der Waals surface area contributed by atoms with E-state index in [9.17, 15) is 19.2 Å². The van der Waals surface area contributed by atoms with Crippen molar-refractivity contribution in [1.29, 1.82) is 5.26 Å². The molecule has 3 aromatic rings. The Kier molecular flexibility index (Phi) is 7.49. The minimum Gasteiger partial charge on any atom is -0.493 e. The first-order valence-electron chi connectivity index (χ1n) is 11.7. The summed E-state index contributed by atoms with van der Waals surface area (Å²) in [5.74, 6) is -0.674. The predicted octanol–water partition coefficient (Wildman–Crippen LogP) is 5.77. The van der Waals surface area contributed by atoms with Crippen molar-refractivity contribution in [3.63, 3.8) is 0 Å². The van der Waals surface area contributed by atoms with Gasteiger partial charge in [-0.2, -0.15) is 5.26 Å². The molecule has 0 aliphatic carbocycles. The molecular weight excluding hydrogens is 471 g/mol. The van der Waals surface area contributed by atoms with Crippen LogP contribution in [0.3, 0.4) is 0 Å². The quantitative estimate of drug-likeness (QED) is 0.307. The second kappa shape index (κ2) is 10.9. The average molecular weight is 497 g/mol. The summed E-state index contributed by atoms with van der Waals surface area (Å²) in [4.78, 5) is 27.7. The minimum absolute atomic E-state index is 0.0176. The largest absolute Gasteiger partial charge is 0.493 e. The summed E-state index contributed by atoms with van der Waals surface area (Å²) in [6.45, 7) is 3.36. The summed E-state index contributed by atoms with van der Waals surface area (Å²) in [7, 11) is 1.48. The van der Waals surface area contributed by atoms with Crippen LogP contribution in [0.15, 0.2) is 89.5 Å². The van der Waals surface area contributed by atoms with Crippen LogP contribution in [-0.4, -0.2) is 23.8 Å². The third-order valence-corrected chi connectivity index (χ3v) is 6.28. The normalized spacial score (nSPS) is 15.5. The standard InChI is InChI=1S/C30H25FN2O4/c1-19-24(29(34)33(30(35)25(19)17-32)20(2)22-9-5-4-6-10-22)15-21-13-14-27(28(16-21)36-3)37-18-23-11-7-8-12-26(23)31/h4-16,20H,18H2,1-3H3/b24-15+. The number of hydrogen-bond acceptors (Lipinski definition) is 5. The second-order valence-corrected chi connectivity index (χ2v) is 8.53. The molecule has 186 valence electrons. The zero-order valence-corrected chi connectivity index (χ0v) is 20.7. The summed E-state index contributed by atoms with van der Waals surface area (Å²) >= 11 is 0. The van der Waals surface area contributed by atoms with Crippen LogP contribution in [-0.2, 0) is 16.2 Å². The van der Waals surface area contributed by atoms with Crippen molar-refractivity contribution in [2.45, 2.75) is 26.5 Å². The van der Waals surface area contributed by atoms with Crippen LogP contribution in [0.4, 0.5) is 4.39 Å². The molecule has 37 heavy (non-hydrogen) atoms. The summed E-state index contributed by atoms with van der Waals surface area (Å²) < 4.78 is 25.2. The highest BCUT2D eigenvalue weighted by Crippen LogP contribution is 2.35. The molecule has 0 radical (unpaired) electrons. The molecule has 1 atom stereocenters. The van der Waals surface area contributed by atoms with E-state index in [2.05, 4.69) is 0 Å². The van der Waals surface area contributed by atoms with Gasteiger partial charge in [0, 0.05) is 11.1 Å². The van der Waals surface area contributed by atoms with Gasteiger partial charge in [0.25, 0.3) is 11.8 Å². The van der Waals surface area contributed by atoms with Crippen LogP contribution in [0.5, 0.6) is 11.5 Å². The number of hydrogen-bond donors (Lipinski definition) is 0. The van der Waals surface area contributed by atoms with Gasteiger partial charge in [-0.1, -0.05) is 54.6 Å². The van der Waals surface area contributed by atoms with E-state index in [1.165, 1.54) is 13.2 Å². The number of ether oxygens (including phenoxy) is 2. The first kappa shape index (κ1) is 25.4. The molecule has 0 aromatic heterocycles. The highest BCUT2D eigenvalue weighted by molar-refractivity contribution is 6.20. The van der Waals surface area contributed by atoms with Gasteiger partial charge in [-0.05, 0) is 54.8 Å². The Balaban J connectivity index is 1.67. The number of amides is 2. The van der Waals surface area contributed by atoms with Crippen molar-refractivity contribution in [2.75, 3.05) is 7.11 Å². The third kappa shape index (κ3) is 5.14. The SMILES string of the molecule is COc1cc(/C=C2/C(=O)N(C(C)c3ccccc3)C(=O)C(C#N)=C2C)ccc1OCc1ccccc1F. The Morgan fingerprint density at radius 1 is 1.00 bits per heavy atom. The van der Waals surface area contributed by atoms with Crippen molar-refractivity contribution in [3.8, 4) is 17.6 Å². The Morgan fingerprint density at radius 2 is 1.70 bits per heavy atom. The number of carbonyl (C=O) groups is 2. The zero-order chi connectivity index (χ0) is 26.5. The minimum atomic E-state index is -0.618. The summed E-state index contributed by atoms with van der Waals surface area (Å²) in [5.41, 5.74) is 2.26. The number of carbonyl (C=O) groups excluding carboxylic acids is 2. The van der Waals surface area contributed by atoms with E-state index in [1.54, 1.807) is 56.3 Å². The molecule has 0 N–H and O–H groups in total. The van der Waals surface area contributed by atoms with Crippen molar-refractivity contribution >= 4 is 17.9 Å². The Bertz CT molecular complexity index is 1450. The molecule has 4 rings (SSSR count). The maximum absolute atomic E-state index is 14.0. The first-order valence-corrected chi connectivity index (χ1v) is 11.7. The number of halogens is 1. The number of imide groups is 1. The van der Waals surface area contributed by atoms with Gasteiger partial charge in [-0.25, -0.2) is 4.39 Å². The van der Waals surface area contributed by atoms with E-state index in [4.69, 9.17) is 9.47 Å². The van der Waals surface area contributed by atoms with Gasteiger partial charge < -0.3 is 9.47 Å². The number of benzene rings is 3. The fourth-order valence-corrected chi connectivity index (χ4v) is 4.16. The number of rotatable bonds is 7. The van der Waals surface area contributed by atoms with Crippen LogP contribution in [0.25, 0.3) is 6.08 Å². The fourth-order valence-electron chi connectivity index (χ4n) is 4.16. The molecule has 6 nitrogen and oxygen atoms in total. The lowest BCUT2D eigenvalue weighted by atomic mass is 9.91. The predicted molar refractivity (Wildman–Crippen MR) is 137 cm³/mol. The molecule has 1 unspecified atom stereocenters. The summed E-state index contributed by atoms with van der Waals surface area (Å²) in [5, 5.41) is 9.71. The van der Waals surface area contributed by atoms with Gasteiger partial charge in [-0.15, -0.1) is 0 Å². The lowest BCUT2D eigenvalue weighted by Gasteiger charge is -2.32. The molecule has 2 amide bonds. The molecule has 0 saturated carbocycles. The average Bonchev–Trinajstić information content (AvgIpc) is 2.91. The van der Waals surface area contributed by atoms with Gasteiger partial charge in [0.15, 0.2) is 11.5 Å². The van der Waals surface area contributed by atoms with Gasteiger partial charge >= 0.3 is 0 Å². The molecule has 0 bridgehead atoms. The van der Waals surface area contributed by atoms with Crippen molar-refractivity contribution in [1.82, 2.24) is 4.90 Å². The molecule has 0 saturated heterocycles. The monoisotopic (exact) mass is 496 g/mol. The van der Waals surface area contributed by atoms with Gasteiger partial charge in [0.1, 0.15) is 24.1 Å². The fraction of sp³-hybridized carbons (Fsp3) is 0.167. The molecule has 1 aliphatic heterocycles. The van der Waals surface area contributed by atoms with Crippen LogP contribution in [0.2, 0.25) is 0 Å². The summed E-state index contributed by atoms with van der Waals surface area (Å²) in [6.07, 6.45) is 1.62. The van der Waals surface area contributed by atoms with Crippen LogP contribution in [0.1, 0.15) is 36.6 Å². The molecule has 1 heterocycles. The Labute approximate surface area is 214 Å². The third-order valence-electron chi connectivity index (χ3n) is 6.28. The Morgan fingerprint density at radius 3 is 2.38 bits per heavy atom. The van der Waals surface area contributed by atoms with Crippen molar-refractivity contribution in [3.05, 3.63) is 112 Å². The molecule has 1 aliphatic rings. The molecule has 7 heteroatoms. The van der Waals surface area contributed by atoms with E-state index in [-0.39, 0.29) is 23.6 Å². The van der Waals surface area contributed by atoms with Crippen LogP contribution >= 0.6 is 0 Å². The maximum atomic E-state index is 14.0. The van der Waals surface area contributed by atoms with E-state index in [0.29, 0.717) is 28.2 Å². The lowest BCUT2D eigenvalue weighted by Crippen LogP contribution is -2.44. The number of nitrogens with zero attached hydrogens (tertiary/aromatic N) is 2. The lowest BCUT2D eigenvalue weighted by molar-refractivity contribution is -0.143. The zero-order valence-electron chi connectivity index (χ0n) is 20.7. The Hall–Kier alpha value is -4.70. The highest BCUT2D eigenvalue weighted by atomic mass is 19.1. The first-order chi connectivity index (χ1) is 17.8. The van der Waals surface area contributed by atoms with Gasteiger partial charge in [0.2, 0.25) is 0 Å². The van der Waals surface area contributed by atoms with Crippen LogP contribution < -0.4 is 9.47 Å². The van der Waals surface area contributed by atoms with Crippen molar-refractivity contribution in [2.24, 2.45) is 0 Å². The highest BCUT2D eigenvalue weighted by Gasteiger charge is 2.38. The number of methoxy groups -OCH3 is 1. The van der Waals surface area contributed by atoms with Crippen molar-refractivity contribution < 1.29 is 23.5 Å². The second-order valence-electron chi connectivity index (χ2n) is 8.53. The molecule has 0 spiro atoms. The van der Waals surface area contributed by atoms with E-state index >= 15 is 0 Å². The smallest absolute Gasteiger partial charge is 0.272 e. The van der Waals surface area contributed by atoms with Gasteiger partial charge in [-0.3, -0.25) is 14.5 Å². The number of nitriles is 1. The molecular formula is C30H25FN2O4. The van der Waals surface area contributed by atoms with E-state index in [1.807, 2.05) is 36.4 Å². The summed E-state index contributed by atoms with van der Waals surface area (Å²) in [6, 6.07) is 22.0. The van der Waals surface area contributed by atoms with Crippen LogP contribution in [0, 0.1) is 17.1 Å². The molecule has 3 aromatic carbocycles. The van der Waals surface area contributed by atoms with Gasteiger partial charge in [0.05, 0.1) is 13.2 Å². The topological polar surface area (TPSA) is 79.6 Å². The molecule has 0 fully saturated rings.